The van der Waals surface area contributed by atoms with Crippen LogP contribution in [0.2, 0.25) is 0 Å². The number of hydrogen-bond donors (Lipinski definition) is 0. The van der Waals surface area contributed by atoms with Gasteiger partial charge in [-0.25, -0.2) is 0 Å². The van der Waals surface area contributed by atoms with Crippen LogP contribution >= 0.6 is 15.9 Å². The number of alkyl halides is 3. The summed E-state index contributed by atoms with van der Waals surface area (Å²) in [7, 11) is 1.41. The van der Waals surface area contributed by atoms with Crippen molar-refractivity contribution < 1.29 is 13.2 Å². The lowest BCUT2D eigenvalue weighted by Crippen LogP contribution is -2.10. The van der Waals surface area contributed by atoms with Crippen molar-refractivity contribution in [3.63, 3.8) is 0 Å². The lowest BCUT2D eigenvalue weighted by Gasteiger charge is -2.07. The number of hydrogen-bond acceptors (Lipinski definition) is 0. The van der Waals surface area contributed by atoms with E-state index < -0.39 is 11.9 Å². The van der Waals surface area contributed by atoms with E-state index in [-0.39, 0.29) is 0 Å². The van der Waals surface area contributed by atoms with Crippen molar-refractivity contribution >= 4 is 26.8 Å². The zero-order chi connectivity index (χ0) is 11.2. The standard InChI is InChI=1S/C10H7BrF3N/c1-15-8-5-7(11)3-2-6(8)4-9(15)10(12,13)14/h2-5H,1H3. The van der Waals surface area contributed by atoms with Gasteiger partial charge in [-0.15, -0.1) is 0 Å². The molecular formula is C10H7BrF3N. The third kappa shape index (κ3) is 1.76. The highest BCUT2D eigenvalue weighted by molar-refractivity contribution is 9.10. The molecule has 0 bridgehead atoms. The maximum absolute atomic E-state index is 12.6. The maximum Gasteiger partial charge on any atom is 0.431 e. The second-order valence-electron chi connectivity index (χ2n) is 3.29. The van der Waals surface area contributed by atoms with Crippen LogP contribution in [0.25, 0.3) is 10.9 Å². The minimum atomic E-state index is -4.31. The number of benzene rings is 1. The minimum absolute atomic E-state index is 0.566. The van der Waals surface area contributed by atoms with Crippen LogP contribution in [0.1, 0.15) is 5.69 Å². The molecule has 2 rings (SSSR count). The van der Waals surface area contributed by atoms with Crippen molar-refractivity contribution in [1.29, 1.82) is 0 Å². The van der Waals surface area contributed by atoms with Gasteiger partial charge in [0.05, 0.1) is 0 Å². The second-order valence-corrected chi connectivity index (χ2v) is 4.21. The van der Waals surface area contributed by atoms with Crippen LogP contribution in [0, 0.1) is 0 Å². The number of aromatic nitrogens is 1. The van der Waals surface area contributed by atoms with E-state index in [0.29, 0.717) is 10.9 Å². The summed E-state index contributed by atoms with van der Waals surface area (Å²) in [6.07, 6.45) is -4.31. The third-order valence-electron chi connectivity index (χ3n) is 2.30. The first kappa shape index (κ1) is 10.5. The van der Waals surface area contributed by atoms with Gasteiger partial charge in [0, 0.05) is 22.4 Å². The fourth-order valence-electron chi connectivity index (χ4n) is 1.58. The van der Waals surface area contributed by atoms with Gasteiger partial charge in [-0.1, -0.05) is 22.0 Å². The van der Waals surface area contributed by atoms with Gasteiger partial charge in [0.25, 0.3) is 0 Å². The molecule has 0 aliphatic heterocycles. The van der Waals surface area contributed by atoms with Crippen LogP contribution in [0.15, 0.2) is 28.7 Å². The molecule has 1 aromatic heterocycles. The Kier molecular flexibility index (Phi) is 2.30. The molecule has 0 aliphatic rings. The number of nitrogens with zero attached hydrogens (tertiary/aromatic N) is 1. The Morgan fingerprint density at radius 3 is 2.47 bits per heavy atom. The summed E-state index contributed by atoms with van der Waals surface area (Å²) >= 11 is 3.23. The van der Waals surface area contributed by atoms with Crippen LogP contribution in [0.5, 0.6) is 0 Å². The quantitative estimate of drug-likeness (QED) is 0.687. The van der Waals surface area contributed by atoms with Gasteiger partial charge in [0.1, 0.15) is 5.69 Å². The first-order valence-corrected chi connectivity index (χ1v) is 5.01. The molecule has 80 valence electrons. The Bertz CT molecular complexity index is 513. The topological polar surface area (TPSA) is 4.93 Å². The first-order chi connectivity index (χ1) is 6.89. The van der Waals surface area contributed by atoms with Gasteiger partial charge >= 0.3 is 6.18 Å². The average molecular weight is 278 g/mol. The Balaban J connectivity index is 2.76. The number of halogens is 4. The van der Waals surface area contributed by atoms with Gasteiger partial charge < -0.3 is 4.57 Å². The molecule has 2 aromatic rings. The molecule has 0 amide bonds. The maximum atomic E-state index is 12.6. The van der Waals surface area contributed by atoms with Crippen molar-refractivity contribution in [1.82, 2.24) is 4.57 Å². The monoisotopic (exact) mass is 277 g/mol. The van der Waals surface area contributed by atoms with E-state index in [1.54, 1.807) is 18.2 Å². The molecular weight excluding hydrogens is 271 g/mol. The number of rotatable bonds is 0. The molecule has 0 N–H and O–H groups in total. The lowest BCUT2D eigenvalue weighted by molar-refractivity contribution is -0.142. The average Bonchev–Trinajstić information content (AvgIpc) is 2.43. The van der Waals surface area contributed by atoms with Crippen molar-refractivity contribution in [2.45, 2.75) is 6.18 Å². The van der Waals surface area contributed by atoms with Gasteiger partial charge in [-0.2, -0.15) is 13.2 Å². The highest BCUT2D eigenvalue weighted by Gasteiger charge is 2.34. The molecule has 1 nitrogen and oxygen atoms in total. The largest absolute Gasteiger partial charge is 0.431 e. The molecule has 1 aromatic carbocycles. The zero-order valence-corrected chi connectivity index (χ0v) is 9.35. The van der Waals surface area contributed by atoms with Gasteiger partial charge in [0.15, 0.2) is 0 Å². The van der Waals surface area contributed by atoms with Crippen molar-refractivity contribution in [2.24, 2.45) is 7.05 Å². The summed E-state index contributed by atoms with van der Waals surface area (Å²) < 4.78 is 39.6. The normalized spacial score (nSPS) is 12.3. The molecule has 0 aliphatic carbocycles. The predicted octanol–water partition coefficient (Wildman–Crippen LogP) is 3.96. The Hall–Kier alpha value is -0.970. The van der Waals surface area contributed by atoms with Crippen LogP contribution < -0.4 is 0 Å². The van der Waals surface area contributed by atoms with E-state index in [4.69, 9.17) is 0 Å². The van der Waals surface area contributed by atoms with Crippen LogP contribution in [0.4, 0.5) is 13.2 Å². The molecule has 0 atom stereocenters. The fourth-order valence-corrected chi connectivity index (χ4v) is 1.92. The van der Waals surface area contributed by atoms with E-state index in [2.05, 4.69) is 15.9 Å². The number of fused-ring (bicyclic) bond motifs is 1. The lowest BCUT2D eigenvalue weighted by atomic mass is 10.2. The summed E-state index contributed by atoms with van der Waals surface area (Å²) in [5, 5.41) is 0.591. The van der Waals surface area contributed by atoms with Crippen molar-refractivity contribution in [3.05, 3.63) is 34.4 Å². The third-order valence-corrected chi connectivity index (χ3v) is 2.79. The first-order valence-electron chi connectivity index (χ1n) is 4.22. The molecule has 0 saturated carbocycles. The van der Waals surface area contributed by atoms with Gasteiger partial charge in [-0.05, 0) is 18.2 Å². The number of aryl methyl sites for hydroxylation is 1. The summed E-state index contributed by atoms with van der Waals surface area (Å²) in [5.41, 5.74) is -0.0627. The van der Waals surface area contributed by atoms with E-state index in [1.165, 1.54) is 7.05 Å². The summed E-state index contributed by atoms with van der Waals surface area (Å²) in [4.78, 5) is 0. The summed E-state index contributed by atoms with van der Waals surface area (Å²) in [6, 6.07) is 6.21. The molecule has 0 unspecified atom stereocenters. The SMILES string of the molecule is Cn1c(C(F)(F)F)cc2ccc(Br)cc21. The second kappa shape index (κ2) is 3.27. The Morgan fingerprint density at radius 2 is 1.87 bits per heavy atom. The molecule has 15 heavy (non-hydrogen) atoms. The molecule has 0 radical (unpaired) electrons. The Morgan fingerprint density at radius 1 is 1.20 bits per heavy atom. The summed E-state index contributed by atoms with van der Waals surface area (Å²) in [6.45, 7) is 0. The van der Waals surface area contributed by atoms with Gasteiger partial charge in [-0.3, -0.25) is 0 Å². The highest BCUT2D eigenvalue weighted by atomic mass is 79.9. The van der Waals surface area contributed by atoms with E-state index in [0.717, 1.165) is 15.1 Å². The molecule has 0 saturated heterocycles. The van der Waals surface area contributed by atoms with Gasteiger partial charge in [0.2, 0.25) is 0 Å². The zero-order valence-electron chi connectivity index (χ0n) is 7.77. The van der Waals surface area contributed by atoms with E-state index >= 15 is 0 Å². The van der Waals surface area contributed by atoms with E-state index in [1.807, 2.05) is 0 Å². The van der Waals surface area contributed by atoms with Crippen LogP contribution in [-0.4, -0.2) is 4.57 Å². The Labute approximate surface area is 92.6 Å². The predicted molar refractivity (Wildman–Crippen MR) is 55.6 cm³/mol. The molecule has 1 heterocycles. The smallest absolute Gasteiger partial charge is 0.340 e. The van der Waals surface area contributed by atoms with Crippen molar-refractivity contribution in [2.75, 3.05) is 0 Å². The highest BCUT2D eigenvalue weighted by Crippen LogP contribution is 2.33. The minimum Gasteiger partial charge on any atom is -0.340 e. The van der Waals surface area contributed by atoms with Crippen LogP contribution in [0.3, 0.4) is 0 Å². The van der Waals surface area contributed by atoms with E-state index in [9.17, 15) is 13.2 Å². The molecule has 0 fully saturated rings. The van der Waals surface area contributed by atoms with Crippen molar-refractivity contribution in [3.8, 4) is 0 Å². The molecule has 5 heteroatoms. The molecule has 0 spiro atoms. The fraction of sp³-hybridized carbons (Fsp3) is 0.200. The summed E-state index contributed by atoms with van der Waals surface area (Å²) in [5.74, 6) is 0. The van der Waals surface area contributed by atoms with Crippen LogP contribution in [-0.2, 0) is 13.2 Å².